The summed E-state index contributed by atoms with van der Waals surface area (Å²) < 4.78 is 24.9. The fourth-order valence-corrected chi connectivity index (χ4v) is 5.36. The Morgan fingerprint density at radius 1 is 0.932 bits per heavy atom. The van der Waals surface area contributed by atoms with Crippen molar-refractivity contribution in [2.45, 2.75) is 13.0 Å². The third kappa shape index (κ3) is 6.95. The van der Waals surface area contributed by atoms with E-state index in [0.29, 0.717) is 12.4 Å². The average Bonchev–Trinajstić information content (AvgIpc) is 2.99. The van der Waals surface area contributed by atoms with Gasteiger partial charge in [0.2, 0.25) is 0 Å². The molecule has 1 saturated heterocycles. The number of carbonyl (C=O) groups is 1. The smallest absolute Gasteiger partial charge is 0.339 e. The summed E-state index contributed by atoms with van der Waals surface area (Å²) in [6.45, 7) is 4.72. The van der Waals surface area contributed by atoms with E-state index in [0.717, 1.165) is 53.2 Å². The molecule has 0 radical (unpaired) electrons. The van der Waals surface area contributed by atoms with Crippen molar-refractivity contribution in [3.05, 3.63) is 113 Å². The summed E-state index contributed by atoms with van der Waals surface area (Å²) in [7, 11) is 0. The van der Waals surface area contributed by atoms with Crippen LogP contribution in [0.4, 0.5) is 4.39 Å². The molecule has 0 unspecified atom stereocenters. The molecule has 44 heavy (non-hydrogen) atoms. The highest BCUT2D eigenvalue weighted by molar-refractivity contribution is 5.96. The molecule has 1 fully saturated rings. The van der Waals surface area contributed by atoms with E-state index < -0.39 is 5.97 Å². The van der Waals surface area contributed by atoms with Crippen molar-refractivity contribution in [1.29, 1.82) is 0 Å². The Bertz CT molecular complexity index is 1650. The number of nitrogens with zero attached hydrogens (tertiary/aromatic N) is 1. The quantitative estimate of drug-likeness (QED) is 0.180. The molecule has 0 spiro atoms. The minimum absolute atomic E-state index is 0.0671. The van der Waals surface area contributed by atoms with Crippen molar-refractivity contribution in [1.82, 2.24) is 4.90 Å². The van der Waals surface area contributed by atoms with Crippen LogP contribution in [0.1, 0.15) is 40.1 Å². The number of ether oxygens (including phenoxy) is 2. The van der Waals surface area contributed by atoms with Crippen molar-refractivity contribution in [3.8, 4) is 28.7 Å². The SMILES string of the molecule is CC1=C(c2cccc(O)c2)[C@H](c2ccc(OCCN3CC(CF)C3)cc2)Oc2ccc(O)cc21.O=C(O)c1ccccc1O. The molecule has 1 atom stereocenters. The van der Waals surface area contributed by atoms with Gasteiger partial charge in [0, 0.05) is 36.7 Å². The van der Waals surface area contributed by atoms with Gasteiger partial charge in [0.25, 0.3) is 0 Å². The van der Waals surface area contributed by atoms with Gasteiger partial charge in [-0.05, 0) is 78.2 Å². The molecule has 2 heterocycles. The summed E-state index contributed by atoms with van der Waals surface area (Å²) in [5, 5.41) is 37.4. The highest BCUT2D eigenvalue weighted by Crippen LogP contribution is 2.47. The Morgan fingerprint density at radius 2 is 1.66 bits per heavy atom. The van der Waals surface area contributed by atoms with E-state index in [1.165, 1.54) is 12.1 Å². The fraction of sp³-hybridized carbons (Fsp3) is 0.229. The van der Waals surface area contributed by atoms with E-state index in [9.17, 15) is 19.4 Å². The molecule has 0 aliphatic carbocycles. The zero-order chi connectivity index (χ0) is 31.2. The molecule has 0 saturated carbocycles. The number of hydrogen-bond donors (Lipinski definition) is 4. The molecule has 6 rings (SSSR count). The first-order chi connectivity index (χ1) is 21.2. The van der Waals surface area contributed by atoms with Gasteiger partial charge in [-0.3, -0.25) is 9.29 Å². The van der Waals surface area contributed by atoms with Crippen LogP contribution in [0.3, 0.4) is 0 Å². The Morgan fingerprint density at radius 3 is 2.32 bits per heavy atom. The lowest BCUT2D eigenvalue weighted by Gasteiger charge is -2.37. The number of halogens is 1. The number of likely N-dealkylation sites (tertiary alicyclic amines) is 1. The first-order valence-electron chi connectivity index (χ1n) is 14.3. The molecular formula is C35H34FNO7. The van der Waals surface area contributed by atoms with Gasteiger partial charge in [-0.1, -0.05) is 36.4 Å². The molecule has 8 nitrogen and oxygen atoms in total. The molecule has 2 aliphatic rings. The fourth-order valence-electron chi connectivity index (χ4n) is 5.36. The Hall–Kier alpha value is -5.02. The maximum absolute atomic E-state index is 12.6. The van der Waals surface area contributed by atoms with E-state index in [-0.39, 0.29) is 41.5 Å². The molecule has 4 aromatic rings. The van der Waals surface area contributed by atoms with E-state index in [2.05, 4.69) is 4.90 Å². The number of carboxylic acid groups (broad SMARTS) is 1. The first kappa shape index (κ1) is 30.4. The van der Waals surface area contributed by atoms with Crippen molar-refractivity contribution in [3.63, 3.8) is 0 Å². The Kier molecular flexibility index (Phi) is 9.35. The van der Waals surface area contributed by atoms with Crippen LogP contribution in [0.5, 0.6) is 28.7 Å². The van der Waals surface area contributed by atoms with Crippen molar-refractivity contribution >= 4 is 17.1 Å². The molecule has 2 aliphatic heterocycles. The van der Waals surface area contributed by atoms with E-state index in [1.54, 1.807) is 42.5 Å². The number of alkyl halides is 1. The lowest BCUT2D eigenvalue weighted by molar-refractivity contribution is 0.0668. The summed E-state index contributed by atoms with van der Waals surface area (Å²) in [5.74, 6) is 0.698. The molecule has 0 amide bonds. The van der Waals surface area contributed by atoms with Gasteiger partial charge in [0.15, 0.2) is 0 Å². The van der Waals surface area contributed by atoms with E-state index >= 15 is 0 Å². The normalized spacial score (nSPS) is 16.2. The van der Waals surface area contributed by atoms with Crippen LogP contribution in [0, 0.1) is 5.92 Å². The van der Waals surface area contributed by atoms with Gasteiger partial charge < -0.3 is 29.9 Å². The van der Waals surface area contributed by atoms with Crippen LogP contribution in [-0.2, 0) is 0 Å². The molecule has 4 N–H and O–H groups in total. The minimum atomic E-state index is -1.11. The summed E-state index contributed by atoms with van der Waals surface area (Å²) >= 11 is 0. The van der Waals surface area contributed by atoms with Crippen LogP contribution < -0.4 is 9.47 Å². The maximum atomic E-state index is 12.6. The van der Waals surface area contributed by atoms with Crippen LogP contribution in [0.2, 0.25) is 0 Å². The van der Waals surface area contributed by atoms with Crippen molar-refractivity contribution in [2.75, 3.05) is 32.9 Å². The number of phenols is 3. The first-order valence-corrected chi connectivity index (χ1v) is 14.3. The Balaban J connectivity index is 0.000000328. The van der Waals surface area contributed by atoms with Gasteiger partial charge in [-0.25, -0.2) is 4.79 Å². The van der Waals surface area contributed by atoms with Crippen molar-refractivity contribution < 1.29 is 39.1 Å². The lowest BCUT2D eigenvalue weighted by atomic mass is 9.86. The van der Waals surface area contributed by atoms with Crippen LogP contribution in [-0.4, -0.2) is 64.2 Å². The van der Waals surface area contributed by atoms with Gasteiger partial charge in [-0.2, -0.15) is 0 Å². The number of aromatic carboxylic acids is 1. The monoisotopic (exact) mass is 599 g/mol. The maximum Gasteiger partial charge on any atom is 0.339 e. The van der Waals surface area contributed by atoms with Gasteiger partial charge in [0.1, 0.15) is 47.0 Å². The lowest BCUT2D eigenvalue weighted by Crippen LogP contribution is -2.49. The Labute approximate surface area is 254 Å². The average molecular weight is 600 g/mol. The van der Waals surface area contributed by atoms with Gasteiger partial charge in [0.05, 0.1) is 6.67 Å². The number of rotatable bonds is 8. The number of carboxylic acids is 1. The third-order valence-electron chi connectivity index (χ3n) is 7.68. The molecule has 0 aromatic heterocycles. The number of fused-ring (bicyclic) bond motifs is 1. The summed E-state index contributed by atoms with van der Waals surface area (Å²) in [6, 6.07) is 25.9. The topological polar surface area (TPSA) is 120 Å². The number of benzene rings is 4. The van der Waals surface area contributed by atoms with E-state index in [4.69, 9.17) is 19.7 Å². The van der Waals surface area contributed by atoms with Crippen LogP contribution in [0.25, 0.3) is 11.1 Å². The minimum Gasteiger partial charge on any atom is -0.508 e. The number of phenolic OH excluding ortho intramolecular Hbond substituents is 2. The number of aromatic hydroxyl groups is 3. The molecule has 0 bridgehead atoms. The highest BCUT2D eigenvalue weighted by atomic mass is 19.1. The zero-order valence-corrected chi connectivity index (χ0v) is 24.2. The standard InChI is InChI=1S/C28H28FNO4.C7H6O3/c1-18-25-14-23(32)7-10-26(25)34-28(27(18)21-3-2-4-22(31)13-21)20-5-8-24(9-6-20)33-12-11-30-16-19(15-29)17-30;8-6-4-2-1-3-5(6)7(9)10/h2-10,13-14,19,28,31-32H,11-12,15-17H2,1H3;1-4,8H,(H,9,10)/t28-;/m0./s1. The second-order valence-corrected chi connectivity index (χ2v) is 10.8. The summed E-state index contributed by atoms with van der Waals surface area (Å²) in [6.07, 6.45) is -0.383. The van der Waals surface area contributed by atoms with Crippen molar-refractivity contribution in [2.24, 2.45) is 5.92 Å². The third-order valence-corrected chi connectivity index (χ3v) is 7.68. The summed E-state index contributed by atoms with van der Waals surface area (Å²) in [5.41, 5.74) is 4.49. The zero-order valence-electron chi connectivity index (χ0n) is 24.2. The van der Waals surface area contributed by atoms with Crippen LogP contribution in [0.15, 0.2) is 91.0 Å². The number of hydrogen-bond acceptors (Lipinski definition) is 7. The predicted octanol–water partition coefficient (Wildman–Crippen LogP) is 6.53. The van der Waals surface area contributed by atoms with Gasteiger partial charge in [-0.15, -0.1) is 0 Å². The highest BCUT2D eigenvalue weighted by Gasteiger charge is 2.30. The van der Waals surface area contributed by atoms with Gasteiger partial charge >= 0.3 is 5.97 Å². The predicted molar refractivity (Wildman–Crippen MR) is 165 cm³/mol. The number of para-hydroxylation sites is 1. The molecule has 4 aromatic carbocycles. The second-order valence-electron chi connectivity index (χ2n) is 10.8. The molecular weight excluding hydrogens is 565 g/mol. The molecule has 9 heteroatoms. The molecule has 228 valence electrons. The second kappa shape index (κ2) is 13.5. The van der Waals surface area contributed by atoms with Crippen LogP contribution >= 0.6 is 0 Å². The van der Waals surface area contributed by atoms with E-state index in [1.807, 2.05) is 43.3 Å². The summed E-state index contributed by atoms with van der Waals surface area (Å²) in [4.78, 5) is 12.5. The largest absolute Gasteiger partial charge is 0.508 e. The number of allylic oxidation sites excluding steroid dienone is 1.